The first-order valence-corrected chi connectivity index (χ1v) is 11.4. The van der Waals surface area contributed by atoms with Crippen molar-refractivity contribution in [3.05, 3.63) is 65.7 Å². The Labute approximate surface area is 167 Å². The van der Waals surface area contributed by atoms with Crippen molar-refractivity contribution in [2.24, 2.45) is 5.92 Å². The van der Waals surface area contributed by atoms with Crippen LogP contribution in [0.3, 0.4) is 0 Å². The minimum Gasteiger partial charge on any atom is -0.326 e. The molecule has 2 aromatic rings. The standard InChI is InChI=1S/C22H28N2O3S/c1-18-7-5-11-21(17-18)23-22(25)20-12-14-24(15-13-20)28(26,27)16-6-10-19-8-3-2-4-9-19/h2-5,7-9,11,17,20H,6,10,12-16H2,1H3,(H,23,25). The minimum absolute atomic E-state index is 0.0216. The van der Waals surface area contributed by atoms with Crippen LogP contribution in [0.5, 0.6) is 0 Å². The van der Waals surface area contributed by atoms with E-state index in [2.05, 4.69) is 5.32 Å². The van der Waals surface area contributed by atoms with Crippen LogP contribution in [-0.2, 0) is 21.2 Å². The number of amides is 1. The first kappa shape index (κ1) is 20.6. The van der Waals surface area contributed by atoms with Gasteiger partial charge in [-0.15, -0.1) is 0 Å². The van der Waals surface area contributed by atoms with Gasteiger partial charge in [0.05, 0.1) is 5.75 Å². The van der Waals surface area contributed by atoms with Crippen molar-refractivity contribution in [1.82, 2.24) is 4.31 Å². The zero-order valence-corrected chi connectivity index (χ0v) is 17.1. The Kier molecular flexibility index (Phi) is 6.86. The number of nitrogens with one attached hydrogen (secondary N) is 1. The third kappa shape index (κ3) is 5.66. The SMILES string of the molecule is Cc1cccc(NC(=O)C2CCN(S(=O)(=O)CCCc3ccccc3)CC2)c1. The number of carbonyl (C=O) groups excluding carboxylic acids is 1. The number of rotatable bonds is 7. The van der Waals surface area contributed by atoms with E-state index in [4.69, 9.17) is 0 Å². The molecule has 1 aliphatic heterocycles. The van der Waals surface area contributed by atoms with E-state index in [0.717, 1.165) is 23.2 Å². The Bertz CT molecular complexity index is 889. The summed E-state index contributed by atoms with van der Waals surface area (Å²) in [5.74, 6) is -0.00907. The van der Waals surface area contributed by atoms with E-state index in [-0.39, 0.29) is 17.6 Å². The average Bonchev–Trinajstić information content (AvgIpc) is 2.69. The van der Waals surface area contributed by atoms with Crippen LogP contribution in [0, 0.1) is 12.8 Å². The topological polar surface area (TPSA) is 66.5 Å². The molecule has 3 rings (SSSR count). The zero-order valence-electron chi connectivity index (χ0n) is 16.3. The number of nitrogens with zero attached hydrogens (tertiary/aromatic N) is 1. The molecule has 0 aliphatic carbocycles. The van der Waals surface area contributed by atoms with E-state index in [9.17, 15) is 13.2 Å². The Morgan fingerprint density at radius 1 is 1.07 bits per heavy atom. The van der Waals surface area contributed by atoms with Crippen molar-refractivity contribution in [2.75, 3.05) is 24.2 Å². The maximum absolute atomic E-state index is 12.6. The fourth-order valence-corrected chi connectivity index (χ4v) is 5.13. The third-order valence-corrected chi connectivity index (χ3v) is 7.17. The van der Waals surface area contributed by atoms with Gasteiger partial charge in [0.2, 0.25) is 15.9 Å². The predicted molar refractivity (Wildman–Crippen MR) is 113 cm³/mol. The molecule has 0 bridgehead atoms. The normalized spacial score (nSPS) is 16.0. The summed E-state index contributed by atoms with van der Waals surface area (Å²) < 4.78 is 26.8. The van der Waals surface area contributed by atoms with E-state index in [1.807, 2.05) is 61.5 Å². The van der Waals surface area contributed by atoms with Gasteiger partial charge in [-0.2, -0.15) is 0 Å². The summed E-state index contributed by atoms with van der Waals surface area (Å²) in [6.45, 7) is 2.82. The number of benzene rings is 2. The molecule has 0 radical (unpaired) electrons. The quantitative estimate of drug-likeness (QED) is 0.772. The second-order valence-corrected chi connectivity index (χ2v) is 9.53. The van der Waals surface area contributed by atoms with Crippen LogP contribution >= 0.6 is 0 Å². The van der Waals surface area contributed by atoms with Gasteiger partial charge < -0.3 is 5.32 Å². The highest BCUT2D eigenvalue weighted by atomic mass is 32.2. The van der Waals surface area contributed by atoms with E-state index in [1.54, 1.807) is 4.31 Å². The van der Waals surface area contributed by atoms with Gasteiger partial charge in [0.25, 0.3) is 0 Å². The number of carbonyl (C=O) groups is 1. The van der Waals surface area contributed by atoms with Crippen LogP contribution in [-0.4, -0.2) is 37.5 Å². The Hall–Kier alpha value is -2.18. The minimum atomic E-state index is -3.27. The van der Waals surface area contributed by atoms with Crippen LogP contribution in [0.1, 0.15) is 30.4 Å². The largest absolute Gasteiger partial charge is 0.326 e. The lowest BCUT2D eigenvalue weighted by Gasteiger charge is -2.30. The lowest BCUT2D eigenvalue weighted by atomic mass is 9.97. The maximum atomic E-state index is 12.6. The second-order valence-electron chi connectivity index (χ2n) is 7.44. The summed E-state index contributed by atoms with van der Waals surface area (Å²) >= 11 is 0. The Morgan fingerprint density at radius 3 is 2.46 bits per heavy atom. The molecule has 0 unspecified atom stereocenters. The van der Waals surface area contributed by atoms with Gasteiger partial charge in [0.1, 0.15) is 0 Å². The first-order valence-electron chi connectivity index (χ1n) is 9.83. The highest BCUT2D eigenvalue weighted by Crippen LogP contribution is 2.22. The molecule has 5 nitrogen and oxygen atoms in total. The second kappa shape index (κ2) is 9.34. The van der Waals surface area contributed by atoms with Crippen molar-refractivity contribution >= 4 is 21.6 Å². The summed E-state index contributed by atoms with van der Waals surface area (Å²) in [4.78, 5) is 12.5. The number of aryl methyl sites for hydroxylation is 2. The van der Waals surface area contributed by atoms with Crippen molar-refractivity contribution in [3.63, 3.8) is 0 Å². The molecule has 1 fully saturated rings. The molecule has 150 valence electrons. The van der Waals surface area contributed by atoms with Gasteiger partial charge in [-0.25, -0.2) is 12.7 Å². The average molecular weight is 401 g/mol. The fourth-order valence-electron chi connectivity index (χ4n) is 3.60. The van der Waals surface area contributed by atoms with Crippen LogP contribution in [0.2, 0.25) is 0 Å². The van der Waals surface area contributed by atoms with Gasteiger partial charge >= 0.3 is 0 Å². The smallest absolute Gasteiger partial charge is 0.227 e. The van der Waals surface area contributed by atoms with Crippen LogP contribution in [0.15, 0.2) is 54.6 Å². The van der Waals surface area contributed by atoms with Crippen molar-refractivity contribution in [2.45, 2.75) is 32.6 Å². The van der Waals surface area contributed by atoms with Crippen molar-refractivity contribution in [1.29, 1.82) is 0 Å². The number of piperidine rings is 1. The summed E-state index contributed by atoms with van der Waals surface area (Å²) in [6, 6.07) is 17.6. The molecule has 28 heavy (non-hydrogen) atoms. The Balaban J connectivity index is 1.46. The van der Waals surface area contributed by atoms with Crippen LogP contribution in [0.4, 0.5) is 5.69 Å². The van der Waals surface area contributed by atoms with E-state index < -0.39 is 10.0 Å². The van der Waals surface area contributed by atoms with E-state index >= 15 is 0 Å². The van der Waals surface area contributed by atoms with Crippen LogP contribution in [0.25, 0.3) is 0 Å². The van der Waals surface area contributed by atoms with Crippen molar-refractivity contribution in [3.8, 4) is 0 Å². The molecular weight excluding hydrogens is 372 g/mol. The molecule has 0 spiro atoms. The molecule has 6 heteroatoms. The molecule has 1 saturated heterocycles. The fraction of sp³-hybridized carbons (Fsp3) is 0.409. The zero-order chi connectivity index (χ0) is 20.0. The maximum Gasteiger partial charge on any atom is 0.227 e. The van der Waals surface area contributed by atoms with Gasteiger partial charge in [-0.05, 0) is 55.9 Å². The highest BCUT2D eigenvalue weighted by molar-refractivity contribution is 7.89. The monoisotopic (exact) mass is 400 g/mol. The molecule has 0 atom stereocenters. The van der Waals surface area contributed by atoms with E-state index in [0.29, 0.717) is 32.4 Å². The van der Waals surface area contributed by atoms with Gasteiger partial charge in [0.15, 0.2) is 0 Å². The molecule has 0 aromatic heterocycles. The summed E-state index contributed by atoms with van der Waals surface area (Å²) in [7, 11) is -3.27. The highest BCUT2D eigenvalue weighted by Gasteiger charge is 2.30. The lowest BCUT2D eigenvalue weighted by molar-refractivity contribution is -0.120. The molecular formula is C22H28N2O3S. The summed E-state index contributed by atoms with van der Waals surface area (Å²) in [5, 5.41) is 2.95. The van der Waals surface area contributed by atoms with Gasteiger partial charge in [-0.1, -0.05) is 42.5 Å². The number of hydrogen-bond acceptors (Lipinski definition) is 3. The molecule has 1 aliphatic rings. The van der Waals surface area contributed by atoms with Crippen molar-refractivity contribution < 1.29 is 13.2 Å². The first-order chi connectivity index (χ1) is 13.4. The Morgan fingerprint density at radius 2 is 1.79 bits per heavy atom. The molecule has 2 aromatic carbocycles. The summed E-state index contributed by atoms with van der Waals surface area (Å²) in [5.41, 5.74) is 3.04. The van der Waals surface area contributed by atoms with E-state index in [1.165, 1.54) is 0 Å². The van der Waals surface area contributed by atoms with Crippen LogP contribution < -0.4 is 5.32 Å². The predicted octanol–water partition coefficient (Wildman–Crippen LogP) is 3.61. The molecule has 0 saturated carbocycles. The summed E-state index contributed by atoms with van der Waals surface area (Å²) in [6.07, 6.45) is 2.50. The number of hydrogen-bond donors (Lipinski definition) is 1. The molecule has 1 N–H and O–H groups in total. The van der Waals surface area contributed by atoms with Gasteiger partial charge in [0, 0.05) is 24.7 Å². The lowest BCUT2D eigenvalue weighted by Crippen LogP contribution is -2.42. The number of anilines is 1. The molecule has 1 amide bonds. The number of sulfonamides is 1. The van der Waals surface area contributed by atoms with Gasteiger partial charge in [-0.3, -0.25) is 4.79 Å². The molecule has 1 heterocycles. The third-order valence-electron chi connectivity index (χ3n) is 5.21.